The van der Waals surface area contributed by atoms with E-state index >= 15 is 0 Å². The second-order valence-corrected chi connectivity index (χ2v) is 6.51. The Bertz CT molecular complexity index is 849. The van der Waals surface area contributed by atoms with Crippen molar-refractivity contribution >= 4 is 0 Å². The van der Waals surface area contributed by atoms with Gasteiger partial charge in [0, 0.05) is 25.1 Å². The van der Waals surface area contributed by atoms with Gasteiger partial charge < -0.3 is 19.2 Å². The van der Waals surface area contributed by atoms with Crippen LogP contribution in [0.5, 0.6) is 17.2 Å². The molecule has 0 saturated carbocycles. The third-order valence-corrected chi connectivity index (χ3v) is 4.69. The lowest BCUT2D eigenvalue weighted by Crippen LogP contribution is -2.21. The summed E-state index contributed by atoms with van der Waals surface area (Å²) >= 11 is 0. The summed E-state index contributed by atoms with van der Waals surface area (Å²) in [6.45, 7) is 4.69. The number of hydrogen-bond acceptors (Lipinski definition) is 6. The maximum atomic E-state index is 11.7. The highest BCUT2D eigenvalue weighted by Gasteiger charge is 2.27. The van der Waals surface area contributed by atoms with Crippen LogP contribution in [-0.4, -0.2) is 41.9 Å². The number of H-pyrrole nitrogens is 1. The first-order chi connectivity index (χ1) is 12.1. The van der Waals surface area contributed by atoms with Gasteiger partial charge in [0.05, 0.1) is 12.8 Å². The van der Waals surface area contributed by atoms with Crippen LogP contribution in [0.3, 0.4) is 0 Å². The zero-order chi connectivity index (χ0) is 17.4. The minimum atomic E-state index is -0.0820. The van der Waals surface area contributed by atoms with E-state index < -0.39 is 0 Å². The molecule has 1 saturated heterocycles. The first kappa shape index (κ1) is 16.0. The predicted octanol–water partition coefficient (Wildman–Crippen LogP) is 1.81. The van der Waals surface area contributed by atoms with Gasteiger partial charge in [-0.2, -0.15) is 0 Å². The SMILES string of the molecule is COc1cc(CN2CC[C@H](c3cc(=O)[nH]c(C)n3)C2)cc2c1OCO2. The van der Waals surface area contributed by atoms with Gasteiger partial charge in [-0.3, -0.25) is 9.69 Å². The summed E-state index contributed by atoms with van der Waals surface area (Å²) in [7, 11) is 1.63. The molecule has 1 aromatic heterocycles. The van der Waals surface area contributed by atoms with Crippen LogP contribution in [-0.2, 0) is 6.54 Å². The molecule has 2 aliphatic rings. The summed E-state index contributed by atoms with van der Waals surface area (Å²) in [5, 5.41) is 0. The predicted molar refractivity (Wildman–Crippen MR) is 91.3 cm³/mol. The molecule has 7 heteroatoms. The van der Waals surface area contributed by atoms with Gasteiger partial charge in [0.2, 0.25) is 12.5 Å². The van der Waals surface area contributed by atoms with E-state index in [-0.39, 0.29) is 18.3 Å². The second-order valence-electron chi connectivity index (χ2n) is 6.51. The van der Waals surface area contributed by atoms with Crippen molar-refractivity contribution in [1.29, 1.82) is 0 Å². The number of fused-ring (bicyclic) bond motifs is 1. The number of methoxy groups -OCH3 is 1. The number of nitrogens with one attached hydrogen (secondary N) is 1. The minimum Gasteiger partial charge on any atom is -0.493 e. The molecule has 7 nitrogen and oxygen atoms in total. The van der Waals surface area contributed by atoms with Gasteiger partial charge in [0.1, 0.15) is 5.82 Å². The molecule has 0 unspecified atom stereocenters. The van der Waals surface area contributed by atoms with Crippen molar-refractivity contribution in [1.82, 2.24) is 14.9 Å². The Kier molecular flexibility index (Phi) is 4.09. The van der Waals surface area contributed by atoms with Crippen molar-refractivity contribution < 1.29 is 14.2 Å². The van der Waals surface area contributed by atoms with E-state index in [2.05, 4.69) is 14.9 Å². The van der Waals surface area contributed by atoms with Crippen LogP contribution in [0.4, 0.5) is 0 Å². The number of likely N-dealkylation sites (tertiary alicyclic amines) is 1. The fourth-order valence-corrected chi connectivity index (χ4v) is 3.56. The first-order valence-corrected chi connectivity index (χ1v) is 8.39. The van der Waals surface area contributed by atoms with Gasteiger partial charge in [-0.05, 0) is 37.6 Å². The number of rotatable bonds is 4. The summed E-state index contributed by atoms with van der Waals surface area (Å²) in [5.41, 5.74) is 1.92. The fraction of sp³-hybridized carbons (Fsp3) is 0.444. The van der Waals surface area contributed by atoms with Crippen molar-refractivity contribution in [3.05, 3.63) is 45.6 Å². The zero-order valence-electron chi connectivity index (χ0n) is 14.4. The highest BCUT2D eigenvalue weighted by molar-refractivity contribution is 5.55. The lowest BCUT2D eigenvalue weighted by atomic mass is 10.0. The Labute approximate surface area is 145 Å². The molecule has 2 aliphatic heterocycles. The number of hydrogen-bond donors (Lipinski definition) is 1. The molecule has 1 N–H and O–H groups in total. The molecule has 2 aromatic rings. The quantitative estimate of drug-likeness (QED) is 0.912. The molecule has 1 atom stereocenters. The van der Waals surface area contributed by atoms with Crippen molar-refractivity contribution in [2.24, 2.45) is 0 Å². The van der Waals surface area contributed by atoms with Crippen LogP contribution in [0.1, 0.15) is 29.4 Å². The monoisotopic (exact) mass is 343 g/mol. The first-order valence-electron chi connectivity index (χ1n) is 8.39. The molecule has 0 aliphatic carbocycles. The lowest BCUT2D eigenvalue weighted by molar-refractivity contribution is 0.171. The van der Waals surface area contributed by atoms with E-state index in [4.69, 9.17) is 14.2 Å². The van der Waals surface area contributed by atoms with Gasteiger partial charge in [0.15, 0.2) is 11.5 Å². The van der Waals surface area contributed by atoms with E-state index in [0.29, 0.717) is 17.3 Å². The molecule has 0 amide bonds. The van der Waals surface area contributed by atoms with Crippen LogP contribution in [0.25, 0.3) is 0 Å². The van der Waals surface area contributed by atoms with E-state index in [0.717, 1.165) is 43.1 Å². The molecule has 0 spiro atoms. The summed E-state index contributed by atoms with van der Waals surface area (Å²) in [5.74, 6) is 3.07. The van der Waals surface area contributed by atoms with Gasteiger partial charge in [-0.15, -0.1) is 0 Å². The molecule has 0 bridgehead atoms. The van der Waals surface area contributed by atoms with E-state index in [1.807, 2.05) is 19.1 Å². The standard InChI is InChI=1S/C18H21N3O4/c1-11-19-14(7-17(22)20-11)13-3-4-21(9-13)8-12-5-15(23-2)18-16(6-12)24-10-25-18/h5-7,13H,3-4,8-10H2,1-2H3,(H,19,20,22)/t13-/m0/s1. The van der Waals surface area contributed by atoms with Crippen molar-refractivity contribution in [2.45, 2.75) is 25.8 Å². The van der Waals surface area contributed by atoms with E-state index in [1.54, 1.807) is 13.2 Å². The number of aromatic nitrogens is 2. The Hall–Kier alpha value is -2.54. The molecule has 25 heavy (non-hydrogen) atoms. The van der Waals surface area contributed by atoms with Gasteiger partial charge in [-0.25, -0.2) is 4.98 Å². The summed E-state index contributed by atoms with van der Waals surface area (Å²) in [6, 6.07) is 5.62. The van der Waals surface area contributed by atoms with Crippen LogP contribution in [0.2, 0.25) is 0 Å². The number of ether oxygens (including phenoxy) is 3. The Morgan fingerprint density at radius 2 is 2.24 bits per heavy atom. The molecular weight excluding hydrogens is 322 g/mol. The largest absolute Gasteiger partial charge is 0.493 e. The van der Waals surface area contributed by atoms with Crippen LogP contribution in [0, 0.1) is 6.92 Å². The molecule has 1 aromatic carbocycles. The lowest BCUT2D eigenvalue weighted by Gasteiger charge is -2.17. The molecule has 0 radical (unpaired) electrons. The number of benzene rings is 1. The summed E-state index contributed by atoms with van der Waals surface area (Å²) in [4.78, 5) is 21.2. The maximum Gasteiger partial charge on any atom is 0.251 e. The van der Waals surface area contributed by atoms with E-state index in [9.17, 15) is 4.79 Å². The number of aryl methyl sites for hydroxylation is 1. The second kappa shape index (κ2) is 6.40. The highest BCUT2D eigenvalue weighted by atomic mass is 16.7. The zero-order valence-corrected chi connectivity index (χ0v) is 14.4. The van der Waals surface area contributed by atoms with Crippen LogP contribution in [0.15, 0.2) is 23.0 Å². The van der Waals surface area contributed by atoms with E-state index in [1.165, 1.54) is 0 Å². The third kappa shape index (κ3) is 3.19. The van der Waals surface area contributed by atoms with Crippen LogP contribution >= 0.6 is 0 Å². The van der Waals surface area contributed by atoms with Crippen molar-refractivity contribution in [2.75, 3.05) is 27.0 Å². The Morgan fingerprint density at radius 1 is 1.36 bits per heavy atom. The molecule has 1 fully saturated rings. The van der Waals surface area contributed by atoms with Gasteiger partial charge in [-0.1, -0.05) is 0 Å². The van der Waals surface area contributed by atoms with Gasteiger partial charge in [0.25, 0.3) is 5.56 Å². The maximum absolute atomic E-state index is 11.7. The minimum absolute atomic E-state index is 0.0820. The third-order valence-electron chi connectivity index (χ3n) is 4.69. The van der Waals surface area contributed by atoms with Gasteiger partial charge >= 0.3 is 0 Å². The molecule has 3 heterocycles. The number of aromatic amines is 1. The highest BCUT2D eigenvalue weighted by Crippen LogP contribution is 2.42. The normalized spacial score (nSPS) is 19.4. The molecule has 4 rings (SSSR count). The van der Waals surface area contributed by atoms with Crippen LogP contribution < -0.4 is 19.8 Å². The smallest absolute Gasteiger partial charge is 0.251 e. The summed E-state index contributed by atoms with van der Waals surface area (Å²) < 4.78 is 16.3. The molecule has 132 valence electrons. The average molecular weight is 343 g/mol. The average Bonchev–Trinajstić information content (AvgIpc) is 3.22. The fourth-order valence-electron chi connectivity index (χ4n) is 3.56. The topological polar surface area (TPSA) is 76.7 Å². The van der Waals surface area contributed by atoms with Crippen molar-refractivity contribution in [3.63, 3.8) is 0 Å². The Balaban J connectivity index is 1.49. The number of nitrogens with zero attached hydrogens (tertiary/aromatic N) is 2. The molecular formula is C18H21N3O4. The van der Waals surface area contributed by atoms with Crippen molar-refractivity contribution in [3.8, 4) is 17.2 Å². The Morgan fingerprint density at radius 3 is 3.04 bits per heavy atom. The summed E-state index contributed by atoms with van der Waals surface area (Å²) in [6.07, 6.45) is 0.998.